The van der Waals surface area contributed by atoms with E-state index in [9.17, 15) is 8.42 Å². The normalized spacial score (nSPS) is 11.4. The maximum absolute atomic E-state index is 11.3. The first-order valence-corrected chi connectivity index (χ1v) is 7.40. The minimum Gasteiger partial charge on any atom is -0.207 e. The molecule has 0 saturated heterocycles. The number of benzene rings is 2. The van der Waals surface area contributed by atoms with E-state index >= 15 is 0 Å². The smallest absolute Gasteiger partial charge is 0.207 e. The van der Waals surface area contributed by atoms with Crippen LogP contribution in [0.15, 0.2) is 53.4 Å². The molecule has 0 N–H and O–H groups in total. The molecule has 2 aromatic carbocycles. The van der Waals surface area contributed by atoms with Gasteiger partial charge in [-0.1, -0.05) is 36.4 Å². The van der Waals surface area contributed by atoms with E-state index in [-0.39, 0.29) is 4.90 Å². The van der Waals surface area contributed by atoms with E-state index in [4.69, 9.17) is 10.7 Å². The monoisotopic (exact) mass is 266 g/mol. The molecule has 0 radical (unpaired) electrons. The summed E-state index contributed by atoms with van der Waals surface area (Å²) in [5.41, 5.74) is 2.87. The third-order valence-corrected chi connectivity index (χ3v) is 3.93. The molecule has 0 aliphatic carbocycles. The van der Waals surface area contributed by atoms with Crippen LogP contribution in [-0.4, -0.2) is 8.42 Å². The Kier molecular flexibility index (Phi) is 3.22. The second-order valence-corrected chi connectivity index (χ2v) is 6.35. The first-order valence-electron chi connectivity index (χ1n) is 5.09. The van der Waals surface area contributed by atoms with Crippen LogP contribution in [-0.2, 0) is 9.05 Å². The van der Waals surface area contributed by atoms with E-state index in [1.807, 2.05) is 37.3 Å². The summed E-state index contributed by atoms with van der Waals surface area (Å²) in [5, 5.41) is 0. The number of hydrogen-bond acceptors (Lipinski definition) is 2. The van der Waals surface area contributed by atoms with Crippen molar-refractivity contribution in [1.29, 1.82) is 0 Å². The fourth-order valence-corrected chi connectivity index (χ4v) is 2.46. The average Bonchev–Trinajstić information content (AvgIpc) is 2.29. The van der Waals surface area contributed by atoms with Gasteiger partial charge in [0.15, 0.2) is 0 Å². The van der Waals surface area contributed by atoms with Gasteiger partial charge in [-0.05, 0) is 35.7 Å². The molecule has 0 fully saturated rings. The van der Waals surface area contributed by atoms with Crippen LogP contribution in [0.25, 0.3) is 11.1 Å². The van der Waals surface area contributed by atoms with E-state index < -0.39 is 9.05 Å². The van der Waals surface area contributed by atoms with E-state index in [1.54, 1.807) is 12.1 Å². The molecule has 17 heavy (non-hydrogen) atoms. The zero-order valence-corrected chi connectivity index (χ0v) is 10.8. The van der Waals surface area contributed by atoms with Gasteiger partial charge in [-0.25, -0.2) is 8.42 Å². The Bertz CT molecular complexity index is 634. The molecule has 88 valence electrons. The summed E-state index contributed by atoms with van der Waals surface area (Å²) in [6.45, 7) is 1.94. The van der Waals surface area contributed by atoms with Crippen molar-refractivity contribution in [3.05, 3.63) is 54.1 Å². The first kappa shape index (κ1) is 12.1. The molecule has 0 amide bonds. The molecule has 2 nitrogen and oxygen atoms in total. The molecule has 0 atom stereocenters. The van der Waals surface area contributed by atoms with Gasteiger partial charge >= 0.3 is 0 Å². The number of aryl methyl sites for hydroxylation is 1. The van der Waals surface area contributed by atoms with Gasteiger partial charge in [-0.2, -0.15) is 0 Å². The van der Waals surface area contributed by atoms with Crippen molar-refractivity contribution in [3.8, 4) is 11.1 Å². The predicted molar refractivity (Wildman–Crippen MR) is 69.7 cm³/mol. The van der Waals surface area contributed by atoms with Crippen molar-refractivity contribution in [2.45, 2.75) is 11.8 Å². The van der Waals surface area contributed by atoms with Gasteiger partial charge in [-0.15, -0.1) is 0 Å². The van der Waals surface area contributed by atoms with Crippen molar-refractivity contribution in [3.63, 3.8) is 0 Å². The van der Waals surface area contributed by atoms with E-state index in [2.05, 4.69) is 0 Å². The minimum atomic E-state index is -3.68. The summed E-state index contributed by atoms with van der Waals surface area (Å²) in [6.07, 6.45) is 0. The number of hydrogen-bond donors (Lipinski definition) is 0. The van der Waals surface area contributed by atoms with Crippen LogP contribution >= 0.6 is 10.7 Å². The van der Waals surface area contributed by atoms with Crippen LogP contribution in [0.5, 0.6) is 0 Å². The minimum absolute atomic E-state index is 0.128. The van der Waals surface area contributed by atoms with Gasteiger partial charge in [0.2, 0.25) is 0 Å². The quantitative estimate of drug-likeness (QED) is 0.779. The Morgan fingerprint density at radius 2 is 1.65 bits per heavy atom. The van der Waals surface area contributed by atoms with Gasteiger partial charge in [0.05, 0.1) is 4.90 Å². The Hall–Kier alpha value is -1.32. The third-order valence-electron chi connectivity index (χ3n) is 2.58. The van der Waals surface area contributed by atoms with Gasteiger partial charge in [-0.3, -0.25) is 0 Å². The highest BCUT2D eigenvalue weighted by Crippen LogP contribution is 2.27. The molecule has 0 heterocycles. The Labute approximate surface area is 105 Å². The van der Waals surface area contributed by atoms with E-state index in [0.29, 0.717) is 0 Å². The molecule has 0 bridgehead atoms. The number of rotatable bonds is 2. The first-order chi connectivity index (χ1) is 7.98. The van der Waals surface area contributed by atoms with Gasteiger partial charge in [0, 0.05) is 10.7 Å². The molecule has 2 aromatic rings. The molecule has 4 heteroatoms. The topological polar surface area (TPSA) is 34.1 Å². The van der Waals surface area contributed by atoms with Gasteiger partial charge in [0.25, 0.3) is 9.05 Å². The number of halogens is 1. The Morgan fingerprint density at radius 3 is 2.24 bits per heavy atom. The fraction of sp³-hybridized carbons (Fsp3) is 0.0769. The zero-order valence-electron chi connectivity index (χ0n) is 9.22. The SMILES string of the molecule is Cc1ccc(S(=O)(=O)Cl)cc1-c1ccccc1. The lowest BCUT2D eigenvalue weighted by Gasteiger charge is -2.07. The highest BCUT2D eigenvalue weighted by molar-refractivity contribution is 8.13. The summed E-state index contributed by atoms with van der Waals surface area (Å²) in [6, 6.07) is 14.5. The van der Waals surface area contributed by atoms with Crippen LogP contribution < -0.4 is 0 Å². The second-order valence-electron chi connectivity index (χ2n) is 3.78. The summed E-state index contributed by atoms with van der Waals surface area (Å²) in [5.74, 6) is 0. The van der Waals surface area contributed by atoms with Crippen molar-refractivity contribution in [2.75, 3.05) is 0 Å². The molecule has 0 spiro atoms. The van der Waals surface area contributed by atoms with E-state index in [0.717, 1.165) is 16.7 Å². The van der Waals surface area contributed by atoms with Crippen LogP contribution in [0.4, 0.5) is 0 Å². The highest BCUT2D eigenvalue weighted by Gasteiger charge is 2.12. The lowest BCUT2D eigenvalue weighted by Crippen LogP contribution is -1.92. The molecular weight excluding hydrogens is 256 g/mol. The van der Waals surface area contributed by atoms with Crippen LogP contribution in [0.1, 0.15) is 5.56 Å². The molecule has 0 aliphatic rings. The third kappa shape index (κ3) is 2.68. The molecular formula is C13H11ClO2S. The fourth-order valence-electron chi connectivity index (χ4n) is 1.68. The summed E-state index contributed by atoms with van der Waals surface area (Å²) >= 11 is 0. The molecule has 0 unspecified atom stereocenters. The maximum Gasteiger partial charge on any atom is 0.261 e. The van der Waals surface area contributed by atoms with Gasteiger partial charge in [0.1, 0.15) is 0 Å². The van der Waals surface area contributed by atoms with Crippen LogP contribution in [0.2, 0.25) is 0 Å². The van der Waals surface area contributed by atoms with Crippen LogP contribution in [0, 0.1) is 6.92 Å². The summed E-state index contributed by atoms with van der Waals surface area (Å²) < 4.78 is 22.6. The van der Waals surface area contributed by atoms with E-state index in [1.165, 1.54) is 6.07 Å². The van der Waals surface area contributed by atoms with Crippen molar-refractivity contribution < 1.29 is 8.42 Å². The van der Waals surface area contributed by atoms with Crippen molar-refractivity contribution in [2.24, 2.45) is 0 Å². The Balaban J connectivity index is 2.63. The average molecular weight is 267 g/mol. The van der Waals surface area contributed by atoms with Gasteiger partial charge < -0.3 is 0 Å². The zero-order chi connectivity index (χ0) is 12.5. The largest absolute Gasteiger partial charge is 0.261 e. The lowest BCUT2D eigenvalue weighted by molar-refractivity contribution is 0.609. The lowest BCUT2D eigenvalue weighted by atomic mass is 10.0. The standard InChI is InChI=1S/C13H11ClO2S/c1-10-7-8-12(17(14,15)16)9-13(10)11-5-3-2-4-6-11/h2-9H,1H3. The second kappa shape index (κ2) is 4.51. The summed E-state index contributed by atoms with van der Waals surface area (Å²) in [4.78, 5) is 0.128. The Morgan fingerprint density at radius 1 is 1.00 bits per heavy atom. The van der Waals surface area contributed by atoms with Crippen molar-refractivity contribution in [1.82, 2.24) is 0 Å². The maximum atomic E-state index is 11.3. The molecule has 0 aromatic heterocycles. The highest BCUT2D eigenvalue weighted by atomic mass is 35.7. The molecule has 0 saturated carbocycles. The molecule has 2 rings (SSSR count). The van der Waals surface area contributed by atoms with Crippen molar-refractivity contribution >= 4 is 19.7 Å². The molecule has 0 aliphatic heterocycles. The summed E-state index contributed by atoms with van der Waals surface area (Å²) in [7, 11) is 1.66. The predicted octanol–water partition coefficient (Wildman–Crippen LogP) is 3.59. The van der Waals surface area contributed by atoms with Crippen LogP contribution in [0.3, 0.4) is 0 Å².